The number of thioether (sulfide) groups is 1. The van der Waals surface area contributed by atoms with Gasteiger partial charge in [0.05, 0.1) is 0 Å². The first kappa shape index (κ1) is 40.9. The SMILES string of the molecule is CCCCCCCCCCCCSCCCCC(=O)NCCCCCCCCCCC(=O)NCCC(=O)[O-].[Na+]. The van der Waals surface area contributed by atoms with E-state index in [1.54, 1.807) is 0 Å². The number of rotatable bonds is 30. The van der Waals surface area contributed by atoms with Crippen LogP contribution in [0.2, 0.25) is 0 Å². The van der Waals surface area contributed by atoms with Gasteiger partial charge in [0.15, 0.2) is 0 Å². The Bertz CT molecular complexity index is 567. The Hall–Kier alpha value is -0.240. The molecule has 0 aliphatic rings. The molecule has 8 heteroatoms. The first-order valence-electron chi connectivity index (χ1n) is 15.9. The van der Waals surface area contributed by atoms with Crippen molar-refractivity contribution in [3.8, 4) is 0 Å². The molecule has 0 saturated heterocycles. The largest absolute Gasteiger partial charge is 1.00 e. The van der Waals surface area contributed by atoms with Gasteiger partial charge in [-0.25, -0.2) is 0 Å². The number of carboxylic acids is 1. The predicted molar refractivity (Wildman–Crippen MR) is 160 cm³/mol. The first-order valence-corrected chi connectivity index (χ1v) is 17.0. The molecular weight excluding hydrogens is 519 g/mol. The Morgan fingerprint density at radius 3 is 1.41 bits per heavy atom. The molecule has 0 aliphatic carbocycles. The summed E-state index contributed by atoms with van der Waals surface area (Å²) in [6, 6.07) is 0. The molecule has 0 fully saturated rings. The number of unbranched alkanes of at least 4 members (excludes halogenated alkanes) is 17. The van der Waals surface area contributed by atoms with Crippen molar-refractivity contribution in [2.75, 3.05) is 24.6 Å². The summed E-state index contributed by atoms with van der Waals surface area (Å²) in [6.45, 7) is 3.22. The van der Waals surface area contributed by atoms with Crippen LogP contribution in [0.1, 0.15) is 155 Å². The minimum atomic E-state index is -1.14. The maximum Gasteiger partial charge on any atom is 1.00 e. The average molecular weight is 579 g/mol. The maximum atomic E-state index is 12.0. The van der Waals surface area contributed by atoms with E-state index in [1.807, 2.05) is 0 Å². The van der Waals surface area contributed by atoms with Crippen molar-refractivity contribution in [2.24, 2.45) is 0 Å². The molecule has 224 valence electrons. The van der Waals surface area contributed by atoms with Gasteiger partial charge in [-0.1, -0.05) is 103 Å². The number of hydrogen-bond donors (Lipinski definition) is 2. The zero-order valence-electron chi connectivity index (χ0n) is 25.6. The van der Waals surface area contributed by atoms with Gasteiger partial charge in [0.1, 0.15) is 0 Å². The van der Waals surface area contributed by atoms with E-state index in [1.165, 1.54) is 95.0 Å². The summed E-state index contributed by atoms with van der Waals surface area (Å²) < 4.78 is 0. The van der Waals surface area contributed by atoms with Crippen LogP contribution in [0.3, 0.4) is 0 Å². The molecule has 0 saturated carbocycles. The Morgan fingerprint density at radius 2 is 0.897 bits per heavy atom. The molecule has 0 aromatic rings. The van der Waals surface area contributed by atoms with E-state index in [4.69, 9.17) is 0 Å². The first-order chi connectivity index (χ1) is 18.6. The third kappa shape index (κ3) is 35.7. The van der Waals surface area contributed by atoms with Crippen molar-refractivity contribution in [3.05, 3.63) is 0 Å². The molecule has 0 atom stereocenters. The third-order valence-electron chi connectivity index (χ3n) is 6.89. The molecule has 0 bridgehead atoms. The van der Waals surface area contributed by atoms with Crippen LogP contribution in [0.5, 0.6) is 0 Å². The Balaban J connectivity index is 0. The molecule has 0 spiro atoms. The van der Waals surface area contributed by atoms with Gasteiger partial charge in [-0.15, -0.1) is 0 Å². The summed E-state index contributed by atoms with van der Waals surface area (Å²) in [4.78, 5) is 33.8. The Morgan fingerprint density at radius 1 is 0.513 bits per heavy atom. The van der Waals surface area contributed by atoms with E-state index in [9.17, 15) is 19.5 Å². The second-order valence-electron chi connectivity index (χ2n) is 10.7. The van der Waals surface area contributed by atoms with Crippen LogP contribution < -0.4 is 45.3 Å². The maximum absolute atomic E-state index is 12.0. The van der Waals surface area contributed by atoms with Gasteiger partial charge < -0.3 is 20.5 Å². The van der Waals surface area contributed by atoms with Crippen molar-refractivity contribution in [1.29, 1.82) is 0 Å². The van der Waals surface area contributed by atoms with Crippen LogP contribution in [0.15, 0.2) is 0 Å². The molecule has 0 aromatic heterocycles. The van der Waals surface area contributed by atoms with Crippen LogP contribution in [0.4, 0.5) is 0 Å². The van der Waals surface area contributed by atoms with Crippen molar-refractivity contribution < 1.29 is 49.0 Å². The molecular formula is C31H59N2NaO4S. The number of aliphatic carboxylic acids is 1. The van der Waals surface area contributed by atoms with Gasteiger partial charge in [-0.3, -0.25) is 9.59 Å². The van der Waals surface area contributed by atoms with Gasteiger partial charge >= 0.3 is 29.6 Å². The summed E-state index contributed by atoms with van der Waals surface area (Å²) >= 11 is 2.05. The second-order valence-corrected chi connectivity index (χ2v) is 11.9. The monoisotopic (exact) mass is 578 g/mol. The van der Waals surface area contributed by atoms with Gasteiger partial charge in [0, 0.05) is 38.3 Å². The van der Waals surface area contributed by atoms with E-state index in [0.29, 0.717) is 12.8 Å². The van der Waals surface area contributed by atoms with Crippen LogP contribution in [-0.2, 0) is 14.4 Å². The van der Waals surface area contributed by atoms with E-state index in [2.05, 4.69) is 29.3 Å². The summed E-state index contributed by atoms with van der Waals surface area (Å²) in [5.41, 5.74) is 0. The molecule has 0 rings (SSSR count). The second kappa shape index (κ2) is 34.0. The Labute approximate surface area is 267 Å². The van der Waals surface area contributed by atoms with Crippen molar-refractivity contribution in [3.63, 3.8) is 0 Å². The smallest absolute Gasteiger partial charge is 0.550 e. The molecule has 0 aliphatic heterocycles. The molecule has 6 nitrogen and oxygen atoms in total. The molecule has 2 amide bonds. The zero-order valence-corrected chi connectivity index (χ0v) is 28.4. The van der Waals surface area contributed by atoms with Crippen molar-refractivity contribution in [2.45, 2.75) is 155 Å². The number of carbonyl (C=O) groups is 3. The fraction of sp³-hybridized carbons (Fsp3) is 0.903. The standard InChI is InChI=1S/C31H60N2O4S.Na/c1-2-3-4-5-6-7-10-13-16-20-27-38-28-21-18-23-29(34)32-25-19-15-12-9-8-11-14-17-22-30(35)33-26-24-31(36)37;/h2-28H2,1H3,(H,32,34)(H,33,35)(H,36,37);/q;+1/p-1. The van der Waals surface area contributed by atoms with E-state index < -0.39 is 5.97 Å². The van der Waals surface area contributed by atoms with Crippen LogP contribution >= 0.6 is 11.8 Å². The minimum absolute atomic E-state index is 0. The third-order valence-corrected chi connectivity index (χ3v) is 8.04. The fourth-order valence-corrected chi connectivity index (χ4v) is 5.48. The van der Waals surface area contributed by atoms with Crippen molar-refractivity contribution in [1.82, 2.24) is 10.6 Å². The summed E-state index contributed by atoms with van der Waals surface area (Å²) in [5.74, 6) is 1.44. The van der Waals surface area contributed by atoms with E-state index in [-0.39, 0.29) is 54.3 Å². The van der Waals surface area contributed by atoms with E-state index in [0.717, 1.165) is 51.5 Å². The van der Waals surface area contributed by atoms with Gasteiger partial charge in [0.2, 0.25) is 11.8 Å². The normalized spacial score (nSPS) is 10.7. The quantitative estimate of drug-likeness (QED) is 0.100. The molecule has 2 N–H and O–H groups in total. The van der Waals surface area contributed by atoms with E-state index >= 15 is 0 Å². The van der Waals surface area contributed by atoms with Crippen LogP contribution in [-0.4, -0.2) is 42.4 Å². The number of carboxylic acid groups (broad SMARTS) is 1. The van der Waals surface area contributed by atoms with Gasteiger partial charge in [0.25, 0.3) is 0 Å². The zero-order chi connectivity index (χ0) is 27.9. The van der Waals surface area contributed by atoms with Gasteiger partial charge in [-0.05, 0) is 43.6 Å². The van der Waals surface area contributed by atoms with Crippen molar-refractivity contribution >= 4 is 29.5 Å². The molecule has 0 heterocycles. The minimum Gasteiger partial charge on any atom is -0.550 e. The topological polar surface area (TPSA) is 98.3 Å². The number of nitrogens with one attached hydrogen (secondary N) is 2. The van der Waals surface area contributed by atoms with Crippen LogP contribution in [0, 0.1) is 0 Å². The molecule has 39 heavy (non-hydrogen) atoms. The predicted octanol–water partition coefficient (Wildman–Crippen LogP) is 3.70. The fourth-order valence-electron chi connectivity index (χ4n) is 4.46. The Kier molecular flexibility index (Phi) is 35.6. The summed E-state index contributed by atoms with van der Waals surface area (Å²) in [7, 11) is 0. The van der Waals surface area contributed by atoms with Crippen LogP contribution in [0.25, 0.3) is 0 Å². The average Bonchev–Trinajstić information content (AvgIpc) is 2.89. The summed E-state index contributed by atoms with van der Waals surface area (Å²) in [5, 5.41) is 16.0. The molecule has 0 aromatic carbocycles. The number of carbonyl (C=O) groups excluding carboxylic acids is 3. The van der Waals surface area contributed by atoms with Gasteiger partial charge in [-0.2, -0.15) is 11.8 Å². The molecule has 0 radical (unpaired) electrons. The number of amides is 2. The number of hydrogen-bond acceptors (Lipinski definition) is 5. The molecule has 0 unspecified atom stereocenters. The summed E-state index contributed by atoms with van der Waals surface area (Å²) in [6.07, 6.45) is 25.8.